The number of carbonyl (C=O) groups excluding carboxylic acids is 1. The molecule has 2 aromatic carbocycles. The van der Waals surface area contributed by atoms with E-state index in [9.17, 15) is 10.0 Å². The van der Waals surface area contributed by atoms with Crippen molar-refractivity contribution in [3.63, 3.8) is 0 Å². The topological polar surface area (TPSA) is 52.6 Å². The number of hydroxylamine groups is 1. The number of carbonyl (C=O) groups is 1. The largest absolute Gasteiger partial charge is 0.350 e. The third kappa shape index (κ3) is 3.00. The van der Waals surface area contributed by atoms with Gasteiger partial charge in [0.2, 0.25) is 0 Å². The van der Waals surface area contributed by atoms with E-state index >= 15 is 0 Å². The summed E-state index contributed by atoms with van der Waals surface area (Å²) in [5.74, 6) is 0. The summed E-state index contributed by atoms with van der Waals surface area (Å²) in [7, 11) is 0. The number of nitrogens with zero attached hydrogens (tertiary/aromatic N) is 1. The van der Waals surface area contributed by atoms with Gasteiger partial charge in [-0.25, -0.2) is 4.79 Å². The first-order valence-electron chi connectivity index (χ1n) is 5.27. The van der Waals surface area contributed by atoms with E-state index in [-0.39, 0.29) is 0 Å². The molecular weight excluding hydrogens is 252 g/mol. The van der Waals surface area contributed by atoms with Gasteiger partial charge in [0.15, 0.2) is 0 Å². The summed E-state index contributed by atoms with van der Waals surface area (Å²) in [5.41, 5.74) is 0.902. The first-order chi connectivity index (χ1) is 8.66. The molecule has 0 saturated heterocycles. The molecule has 2 N–H and O–H groups in total. The van der Waals surface area contributed by atoms with Crippen molar-refractivity contribution in [2.24, 2.45) is 0 Å². The molecule has 2 aromatic rings. The quantitative estimate of drug-likeness (QED) is 0.639. The van der Waals surface area contributed by atoms with Crippen LogP contribution in [0.15, 0.2) is 54.6 Å². The molecule has 0 atom stereocenters. The Morgan fingerprint density at radius 2 is 1.83 bits per heavy atom. The summed E-state index contributed by atoms with van der Waals surface area (Å²) >= 11 is 5.78. The fourth-order valence-electron chi connectivity index (χ4n) is 1.42. The molecule has 4 nitrogen and oxygen atoms in total. The minimum atomic E-state index is -0.650. The Bertz CT molecular complexity index is 546. The molecule has 0 aromatic heterocycles. The van der Waals surface area contributed by atoms with E-state index in [0.29, 0.717) is 21.5 Å². The van der Waals surface area contributed by atoms with Crippen molar-refractivity contribution in [2.45, 2.75) is 0 Å². The monoisotopic (exact) mass is 262 g/mol. The zero-order valence-corrected chi connectivity index (χ0v) is 10.1. The second-order valence-electron chi connectivity index (χ2n) is 3.59. The number of halogens is 1. The Hall–Kier alpha value is -2.04. The third-order valence-electron chi connectivity index (χ3n) is 2.27. The number of amides is 2. The van der Waals surface area contributed by atoms with Gasteiger partial charge >= 0.3 is 6.03 Å². The van der Waals surface area contributed by atoms with Crippen molar-refractivity contribution >= 4 is 29.0 Å². The summed E-state index contributed by atoms with van der Waals surface area (Å²) in [6, 6.07) is 14.6. The Morgan fingerprint density at radius 3 is 2.50 bits per heavy atom. The van der Waals surface area contributed by atoms with Crippen LogP contribution in [0.5, 0.6) is 0 Å². The lowest BCUT2D eigenvalue weighted by molar-refractivity contribution is 0.216. The number of urea groups is 1. The van der Waals surface area contributed by atoms with Crippen LogP contribution in [0.1, 0.15) is 0 Å². The summed E-state index contributed by atoms with van der Waals surface area (Å²) in [5, 5.41) is 13.2. The first-order valence-corrected chi connectivity index (χ1v) is 5.65. The smallest absolute Gasteiger partial charge is 0.306 e. The van der Waals surface area contributed by atoms with E-state index in [4.69, 9.17) is 11.6 Å². The van der Waals surface area contributed by atoms with Crippen molar-refractivity contribution in [1.82, 2.24) is 0 Å². The molecule has 0 spiro atoms. The van der Waals surface area contributed by atoms with E-state index in [0.717, 1.165) is 0 Å². The molecule has 0 fully saturated rings. The standard InChI is InChI=1S/C13H11ClN2O2/c14-10-5-4-8-12(9-10)16(18)13(17)15-11-6-2-1-3-7-11/h1-9,18H,(H,15,17). The van der Waals surface area contributed by atoms with Crippen LogP contribution >= 0.6 is 11.6 Å². The van der Waals surface area contributed by atoms with Gasteiger partial charge in [-0.15, -0.1) is 0 Å². The maximum Gasteiger partial charge on any atom is 0.350 e. The van der Waals surface area contributed by atoms with Crippen LogP contribution in [0, 0.1) is 0 Å². The highest BCUT2D eigenvalue weighted by Gasteiger charge is 2.13. The molecule has 0 unspecified atom stereocenters. The van der Waals surface area contributed by atoms with Crippen LogP contribution in [-0.4, -0.2) is 11.2 Å². The van der Waals surface area contributed by atoms with E-state index in [1.807, 2.05) is 6.07 Å². The van der Waals surface area contributed by atoms with Crippen molar-refractivity contribution in [3.8, 4) is 0 Å². The molecule has 2 amide bonds. The summed E-state index contributed by atoms with van der Waals surface area (Å²) in [6.45, 7) is 0. The zero-order chi connectivity index (χ0) is 13.0. The minimum Gasteiger partial charge on any atom is -0.306 e. The average Bonchev–Trinajstić information content (AvgIpc) is 2.39. The van der Waals surface area contributed by atoms with Crippen LogP contribution in [0.25, 0.3) is 0 Å². The van der Waals surface area contributed by atoms with Crippen LogP contribution in [0.2, 0.25) is 5.02 Å². The normalized spacial score (nSPS) is 9.89. The number of para-hydroxylation sites is 1. The first kappa shape index (κ1) is 12.4. The van der Waals surface area contributed by atoms with Gasteiger partial charge in [0.05, 0.1) is 5.69 Å². The Kier molecular flexibility index (Phi) is 3.82. The lowest BCUT2D eigenvalue weighted by atomic mass is 10.3. The summed E-state index contributed by atoms with van der Waals surface area (Å²) in [6.07, 6.45) is 0. The average molecular weight is 263 g/mol. The molecule has 0 aliphatic carbocycles. The molecule has 5 heteroatoms. The molecule has 0 bridgehead atoms. The predicted octanol–water partition coefficient (Wildman–Crippen LogP) is 3.77. The SMILES string of the molecule is O=C(Nc1ccccc1)N(O)c1cccc(Cl)c1. The second kappa shape index (κ2) is 5.53. The molecule has 0 saturated carbocycles. The number of hydrogen-bond acceptors (Lipinski definition) is 2. The predicted molar refractivity (Wildman–Crippen MR) is 71.2 cm³/mol. The highest BCUT2D eigenvalue weighted by atomic mass is 35.5. The fraction of sp³-hybridized carbons (Fsp3) is 0. The third-order valence-corrected chi connectivity index (χ3v) is 2.51. The van der Waals surface area contributed by atoms with E-state index < -0.39 is 6.03 Å². The molecule has 0 radical (unpaired) electrons. The van der Waals surface area contributed by atoms with E-state index in [1.54, 1.807) is 42.5 Å². The van der Waals surface area contributed by atoms with Crippen molar-refractivity contribution < 1.29 is 10.0 Å². The lowest BCUT2D eigenvalue weighted by Crippen LogP contribution is -2.31. The zero-order valence-electron chi connectivity index (χ0n) is 9.38. The maximum atomic E-state index is 11.7. The van der Waals surface area contributed by atoms with Crippen molar-refractivity contribution in [2.75, 3.05) is 10.4 Å². The Morgan fingerprint density at radius 1 is 1.11 bits per heavy atom. The molecule has 92 valence electrons. The molecule has 18 heavy (non-hydrogen) atoms. The van der Waals surface area contributed by atoms with Gasteiger partial charge in [0, 0.05) is 10.7 Å². The van der Waals surface area contributed by atoms with Gasteiger partial charge < -0.3 is 5.32 Å². The maximum absolute atomic E-state index is 11.7. The molecule has 0 aliphatic rings. The van der Waals surface area contributed by atoms with Crippen molar-refractivity contribution in [3.05, 3.63) is 59.6 Å². The molecule has 0 aliphatic heterocycles. The fourth-order valence-corrected chi connectivity index (χ4v) is 1.61. The molecular formula is C13H11ClN2O2. The Balaban J connectivity index is 2.10. The highest BCUT2D eigenvalue weighted by molar-refractivity contribution is 6.30. The number of hydrogen-bond donors (Lipinski definition) is 2. The van der Waals surface area contributed by atoms with Gasteiger partial charge in [0.25, 0.3) is 0 Å². The number of nitrogens with one attached hydrogen (secondary N) is 1. The minimum absolute atomic E-state index is 0.302. The lowest BCUT2D eigenvalue weighted by Gasteiger charge is -2.15. The molecule has 0 heterocycles. The molecule has 2 rings (SSSR count). The van der Waals surface area contributed by atoms with Crippen LogP contribution in [0.3, 0.4) is 0 Å². The summed E-state index contributed by atoms with van der Waals surface area (Å²) in [4.78, 5) is 11.7. The van der Waals surface area contributed by atoms with Gasteiger partial charge in [0.1, 0.15) is 0 Å². The van der Waals surface area contributed by atoms with Gasteiger partial charge in [-0.05, 0) is 30.3 Å². The van der Waals surface area contributed by atoms with E-state index in [2.05, 4.69) is 5.32 Å². The highest BCUT2D eigenvalue weighted by Crippen LogP contribution is 2.19. The van der Waals surface area contributed by atoms with Crippen LogP contribution in [-0.2, 0) is 0 Å². The van der Waals surface area contributed by atoms with Gasteiger partial charge in [-0.2, -0.15) is 5.06 Å². The number of benzene rings is 2. The van der Waals surface area contributed by atoms with Crippen LogP contribution in [0.4, 0.5) is 16.2 Å². The van der Waals surface area contributed by atoms with Gasteiger partial charge in [-0.1, -0.05) is 35.9 Å². The number of rotatable bonds is 2. The summed E-state index contributed by atoms with van der Waals surface area (Å²) < 4.78 is 0. The van der Waals surface area contributed by atoms with Crippen LogP contribution < -0.4 is 10.4 Å². The second-order valence-corrected chi connectivity index (χ2v) is 4.02. The Labute approximate surface area is 109 Å². The van der Waals surface area contributed by atoms with Gasteiger partial charge in [-0.3, -0.25) is 5.21 Å². The van der Waals surface area contributed by atoms with E-state index in [1.165, 1.54) is 6.07 Å². The van der Waals surface area contributed by atoms with Crippen molar-refractivity contribution in [1.29, 1.82) is 0 Å². The number of anilines is 2.